The summed E-state index contributed by atoms with van der Waals surface area (Å²) in [5, 5.41) is 0.857. The lowest BCUT2D eigenvalue weighted by molar-refractivity contribution is 0.102. The first-order valence-corrected chi connectivity index (χ1v) is 5.57. The number of benzene rings is 1. The van der Waals surface area contributed by atoms with E-state index in [4.69, 9.17) is 9.15 Å². The van der Waals surface area contributed by atoms with Crippen molar-refractivity contribution in [1.82, 2.24) is 4.90 Å². The third kappa shape index (κ3) is 2.37. The van der Waals surface area contributed by atoms with E-state index in [9.17, 15) is 4.79 Å². The first-order valence-electron chi connectivity index (χ1n) is 5.57. The second kappa shape index (κ2) is 4.96. The van der Waals surface area contributed by atoms with Crippen LogP contribution in [0.15, 0.2) is 41.0 Å². The van der Waals surface area contributed by atoms with Gasteiger partial charge in [0.1, 0.15) is 0 Å². The number of allylic oxidation sites excluding steroid dienone is 1. The Morgan fingerprint density at radius 3 is 2.83 bits per heavy atom. The molecule has 1 aromatic heterocycles. The minimum atomic E-state index is -0.165. The van der Waals surface area contributed by atoms with Crippen molar-refractivity contribution in [1.29, 1.82) is 0 Å². The lowest BCUT2D eigenvalue weighted by Gasteiger charge is -2.01. The number of ether oxygens (including phenoxy) is 1. The smallest absolute Gasteiger partial charge is 0.222 e. The molecule has 18 heavy (non-hydrogen) atoms. The fourth-order valence-corrected chi connectivity index (χ4v) is 1.62. The van der Waals surface area contributed by atoms with Gasteiger partial charge in [0.2, 0.25) is 5.78 Å². The first kappa shape index (κ1) is 12.2. The van der Waals surface area contributed by atoms with Gasteiger partial charge in [0, 0.05) is 31.8 Å². The Hall–Kier alpha value is -2.23. The van der Waals surface area contributed by atoms with Gasteiger partial charge in [0.05, 0.1) is 7.11 Å². The summed E-state index contributed by atoms with van der Waals surface area (Å²) < 4.78 is 10.7. The third-order valence-corrected chi connectivity index (χ3v) is 2.49. The van der Waals surface area contributed by atoms with Crippen molar-refractivity contribution in [2.45, 2.75) is 0 Å². The van der Waals surface area contributed by atoms with E-state index >= 15 is 0 Å². The van der Waals surface area contributed by atoms with Crippen LogP contribution < -0.4 is 4.74 Å². The van der Waals surface area contributed by atoms with E-state index in [1.807, 2.05) is 26.2 Å². The second-order valence-corrected chi connectivity index (χ2v) is 4.13. The van der Waals surface area contributed by atoms with Crippen LogP contribution in [-0.4, -0.2) is 31.9 Å². The molecule has 4 nitrogen and oxygen atoms in total. The van der Waals surface area contributed by atoms with Crippen molar-refractivity contribution in [3.63, 3.8) is 0 Å². The predicted octanol–water partition coefficient (Wildman–Crippen LogP) is 2.70. The molecule has 0 unspecified atom stereocenters. The standard InChI is InChI=1S/C14H15NO3/c1-15(2)8-7-11(16)13-9-10-5-4-6-12(17-3)14(10)18-13/h4-9H,1-3H3. The maximum Gasteiger partial charge on any atom is 0.222 e. The van der Waals surface area contributed by atoms with E-state index in [-0.39, 0.29) is 5.78 Å². The number of furan rings is 1. The summed E-state index contributed by atoms with van der Waals surface area (Å²) in [6.45, 7) is 0. The Morgan fingerprint density at radius 2 is 2.17 bits per heavy atom. The van der Waals surface area contributed by atoms with Crippen LogP contribution in [0.2, 0.25) is 0 Å². The highest BCUT2D eigenvalue weighted by atomic mass is 16.5. The Labute approximate surface area is 105 Å². The molecule has 0 saturated heterocycles. The van der Waals surface area contributed by atoms with Crippen LogP contribution in [0.5, 0.6) is 5.75 Å². The quantitative estimate of drug-likeness (QED) is 0.613. The molecule has 0 aliphatic rings. The molecule has 1 heterocycles. The van der Waals surface area contributed by atoms with Gasteiger partial charge in [0.15, 0.2) is 17.1 Å². The molecular formula is C14H15NO3. The van der Waals surface area contributed by atoms with Crippen molar-refractivity contribution >= 4 is 16.8 Å². The van der Waals surface area contributed by atoms with Crippen molar-refractivity contribution in [3.8, 4) is 5.75 Å². The van der Waals surface area contributed by atoms with E-state index in [0.29, 0.717) is 17.1 Å². The summed E-state index contributed by atoms with van der Waals surface area (Å²) in [7, 11) is 5.28. The molecule has 0 atom stereocenters. The van der Waals surface area contributed by atoms with Crippen LogP contribution in [0.1, 0.15) is 10.6 Å². The minimum Gasteiger partial charge on any atom is -0.493 e. The van der Waals surface area contributed by atoms with E-state index in [0.717, 1.165) is 5.39 Å². The number of ketones is 1. The second-order valence-electron chi connectivity index (χ2n) is 4.13. The molecule has 94 valence electrons. The molecular weight excluding hydrogens is 230 g/mol. The van der Waals surface area contributed by atoms with Crippen LogP contribution in [-0.2, 0) is 0 Å². The number of nitrogens with zero attached hydrogens (tertiary/aromatic N) is 1. The highest BCUT2D eigenvalue weighted by molar-refractivity contribution is 6.05. The van der Waals surface area contributed by atoms with Crippen molar-refractivity contribution in [3.05, 3.63) is 42.3 Å². The van der Waals surface area contributed by atoms with Gasteiger partial charge in [-0.25, -0.2) is 0 Å². The number of hydrogen-bond acceptors (Lipinski definition) is 4. The summed E-state index contributed by atoms with van der Waals surface area (Å²) in [6, 6.07) is 7.27. The molecule has 0 amide bonds. The maximum atomic E-state index is 11.9. The average Bonchev–Trinajstić information content (AvgIpc) is 2.79. The Morgan fingerprint density at radius 1 is 1.39 bits per heavy atom. The Bertz CT molecular complexity index is 596. The van der Waals surface area contributed by atoms with Crippen LogP contribution in [0.3, 0.4) is 0 Å². The lowest BCUT2D eigenvalue weighted by atomic mass is 10.2. The number of para-hydroxylation sites is 1. The van der Waals surface area contributed by atoms with E-state index < -0.39 is 0 Å². The van der Waals surface area contributed by atoms with Gasteiger partial charge in [-0.2, -0.15) is 0 Å². The zero-order valence-electron chi connectivity index (χ0n) is 10.6. The molecule has 0 radical (unpaired) electrons. The monoisotopic (exact) mass is 245 g/mol. The minimum absolute atomic E-state index is 0.165. The number of hydrogen-bond donors (Lipinski definition) is 0. The molecule has 0 N–H and O–H groups in total. The summed E-state index contributed by atoms with van der Waals surface area (Å²) in [5.74, 6) is 0.776. The number of rotatable bonds is 4. The Kier molecular flexibility index (Phi) is 3.37. The predicted molar refractivity (Wildman–Crippen MR) is 69.9 cm³/mol. The molecule has 0 aliphatic heterocycles. The third-order valence-electron chi connectivity index (χ3n) is 2.49. The molecule has 2 rings (SSSR count). The van der Waals surface area contributed by atoms with Gasteiger partial charge in [-0.05, 0) is 12.1 Å². The zero-order chi connectivity index (χ0) is 13.1. The number of carbonyl (C=O) groups is 1. The van der Waals surface area contributed by atoms with Gasteiger partial charge < -0.3 is 14.1 Å². The van der Waals surface area contributed by atoms with Gasteiger partial charge >= 0.3 is 0 Å². The number of methoxy groups -OCH3 is 1. The van der Waals surface area contributed by atoms with E-state index in [2.05, 4.69) is 0 Å². The van der Waals surface area contributed by atoms with Crippen LogP contribution in [0.4, 0.5) is 0 Å². The lowest BCUT2D eigenvalue weighted by Crippen LogP contribution is -2.02. The van der Waals surface area contributed by atoms with Crippen LogP contribution in [0.25, 0.3) is 11.0 Å². The first-order chi connectivity index (χ1) is 8.61. The fraction of sp³-hybridized carbons (Fsp3) is 0.214. The molecule has 0 fully saturated rings. The van der Waals surface area contributed by atoms with Crippen LogP contribution >= 0.6 is 0 Å². The molecule has 2 aromatic rings. The molecule has 1 aromatic carbocycles. The van der Waals surface area contributed by atoms with E-state index in [1.165, 1.54) is 6.08 Å². The number of fused-ring (bicyclic) bond motifs is 1. The number of carbonyl (C=O) groups excluding carboxylic acids is 1. The highest BCUT2D eigenvalue weighted by Gasteiger charge is 2.12. The summed E-state index contributed by atoms with van der Waals surface area (Å²) in [4.78, 5) is 13.7. The molecule has 0 bridgehead atoms. The van der Waals surface area contributed by atoms with Crippen molar-refractivity contribution < 1.29 is 13.9 Å². The Balaban J connectivity index is 2.38. The summed E-state index contributed by atoms with van der Waals surface area (Å²) in [6.07, 6.45) is 3.16. The van der Waals surface area contributed by atoms with Gasteiger partial charge in [-0.3, -0.25) is 4.79 Å². The highest BCUT2D eigenvalue weighted by Crippen LogP contribution is 2.28. The zero-order valence-corrected chi connectivity index (χ0v) is 10.6. The largest absolute Gasteiger partial charge is 0.493 e. The van der Waals surface area contributed by atoms with Gasteiger partial charge in [0.25, 0.3) is 0 Å². The SMILES string of the molecule is COc1cccc2cc(C(=O)C=CN(C)C)oc12. The summed E-state index contributed by atoms with van der Waals surface area (Å²) >= 11 is 0. The average molecular weight is 245 g/mol. The molecule has 0 saturated carbocycles. The van der Waals surface area contributed by atoms with Gasteiger partial charge in [-0.15, -0.1) is 0 Å². The fourth-order valence-electron chi connectivity index (χ4n) is 1.62. The van der Waals surface area contributed by atoms with Crippen molar-refractivity contribution in [2.75, 3.05) is 21.2 Å². The van der Waals surface area contributed by atoms with Crippen molar-refractivity contribution in [2.24, 2.45) is 0 Å². The maximum absolute atomic E-state index is 11.9. The normalized spacial score (nSPS) is 11.1. The van der Waals surface area contributed by atoms with E-state index in [1.54, 1.807) is 30.3 Å². The van der Waals surface area contributed by atoms with Crippen LogP contribution in [0, 0.1) is 0 Å². The molecule has 4 heteroatoms. The topological polar surface area (TPSA) is 42.7 Å². The molecule has 0 aliphatic carbocycles. The van der Waals surface area contributed by atoms with Gasteiger partial charge in [-0.1, -0.05) is 12.1 Å². The summed E-state index contributed by atoms with van der Waals surface area (Å²) in [5.41, 5.74) is 0.599. The molecule has 0 spiro atoms.